The Balaban J connectivity index is 4.90. The molecule has 94 valence electrons. The second kappa shape index (κ2) is 5.29. The number of sulfone groups is 1. The Labute approximate surface area is 96.0 Å². The van der Waals surface area contributed by atoms with Crippen LogP contribution in [0.25, 0.3) is 0 Å². The molecule has 1 amide bonds. The monoisotopic (exact) mass is 250 g/mol. The van der Waals surface area contributed by atoms with Crippen LogP contribution in [0.1, 0.15) is 20.8 Å². The lowest BCUT2D eigenvalue weighted by Gasteiger charge is -2.19. The molecule has 0 aliphatic heterocycles. The molecule has 7 heteroatoms. The summed E-state index contributed by atoms with van der Waals surface area (Å²) in [6.45, 7) is 5.39. The number of nitrogens with one attached hydrogen (secondary N) is 1. The topological polar surface area (TPSA) is 84.8 Å². The van der Waals surface area contributed by atoms with Crippen molar-refractivity contribution in [3.05, 3.63) is 0 Å². The number of nitrogens with zero attached hydrogens (tertiary/aromatic N) is 1. The van der Waals surface area contributed by atoms with Crippen molar-refractivity contribution in [1.29, 1.82) is 0 Å². The maximum atomic E-state index is 11.2. The first-order chi connectivity index (χ1) is 7.06. The molecule has 0 aromatic heterocycles. The lowest BCUT2D eigenvalue weighted by molar-refractivity contribution is 0.151. The van der Waals surface area contributed by atoms with Crippen molar-refractivity contribution >= 4 is 21.6 Å². The Morgan fingerprint density at radius 1 is 1.38 bits per heavy atom. The number of hydrogen-bond donors (Lipinski definition) is 1. The molecule has 0 radical (unpaired) electrons. The molecule has 0 bridgehead atoms. The van der Waals surface area contributed by atoms with Crippen molar-refractivity contribution in [1.82, 2.24) is 5.32 Å². The largest absolute Gasteiger partial charge is 0.433 e. The number of hydrogen-bond acceptors (Lipinski definition) is 5. The van der Waals surface area contributed by atoms with Gasteiger partial charge in [0.1, 0.15) is 0 Å². The Hall–Kier alpha value is -1.11. The molecule has 6 nitrogen and oxygen atoms in total. The van der Waals surface area contributed by atoms with Gasteiger partial charge in [0.05, 0.1) is 11.5 Å². The molecule has 0 aliphatic rings. The predicted octanol–water partition coefficient (Wildman–Crippen LogP) is 0.789. The first kappa shape index (κ1) is 14.9. The third-order valence-electron chi connectivity index (χ3n) is 1.71. The van der Waals surface area contributed by atoms with Gasteiger partial charge in [0, 0.05) is 18.7 Å². The van der Waals surface area contributed by atoms with E-state index < -0.39 is 21.3 Å². The average molecular weight is 250 g/mol. The number of carbonyl (C=O) groups is 1. The summed E-state index contributed by atoms with van der Waals surface area (Å²) in [7, 11) is -1.81. The van der Waals surface area contributed by atoms with E-state index in [1.807, 2.05) is 0 Å². The molecular formula is C9H18N2O4S. The number of amides is 1. The maximum Gasteiger partial charge on any atom is 0.433 e. The van der Waals surface area contributed by atoms with Gasteiger partial charge in [0.2, 0.25) is 0 Å². The Morgan fingerprint density at radius 3 is 2.19 bits per heavy atom. The second-order valence-corrected chi connectivity index (χ2v) is 6.63. The third-order valence-corrected chi connectivity index (χ3v) is 2.51. The van der Waals surface area contributed by atoms with Gasteiger partial charge in [0.15, 0.2) is 9.84 Å². The summed E-state index contributed by atoms with van der Waals surface area (Å²) in [6.07, 6.45) is 0.379. The summed E-state index contributed by atoms with van der Waals surface area (Å²) in [5.41, 5.74) is -0.171. The van der Waals surface area contributed by atoms with Crippen LogP contribution in [0, 0.1) is 5.41 Å². The average Bonchev–Trinajstić information content (AvgIpc) is 2.08. The highest BCUT2D eigenvalue weighted by molar-refractivity contribution is 7.91. The summed E-state index contributed by atoms with van der Waals surface area (Å²) < 4.78 is 22.3. The first-order valence-corrected chi connectivity index (χ1v) is 6.76. The second-order valence-electron chi connectivity index (χ2n) is 4.49. The number of oxime groups is 1. The first-order valence-electron chi connectivity index (χ1n) is 4.70. The fraction of sp³-hybridized carbons (Fsp3) is 0.778. The van der Waals surface area contributed by atoms with Gasteiger partial charge in [-0.1, -0.05) is 25.9 Å². The molecule has 0 unspecified atom stereocenters. The highest BCUT2D eigenvalue weighted by Crippen LogP contribution is 2.17. The molecule has 0 aliphatic carbocycles. The summed E-state index contributed by atoms with van der Waals surface area (Å²) in [4.78, 5) is 15.3. The van der Waals surface area contributed by atoms with Crippen LogP contribution in [-0.4, -0.2) is 39.3 Å². The van der Waals surface area contributed by atoms with Gasteiger partial charge in [-0.25, -0.2) is 13.2 Å². The minimum Gasteiger partial charge on any atom is -0.323 e. The van der Waals surface area contributed by atoms with E-state index in [1.165, 1.54) is 7.05 Å². The predicted molar refractivity (Wildman–Crippen MR) is 62.1 cm³/mol. The van der Waals surface area contributed by atoms with E-state index >= 15 is 0 Å². The van der Waals surface area contributed by atoms with Crippen LogP contribution in [0.2, 0.25) is 0 Å². The van der Waals surface area contributed by atoms with E-state index in [0.717, 1.165) is 6.26 Å². The minimum atomic E-state index is -3.20. The molecular weight excluding hydrogens is 232 g/mol. The Bertz CT molecular complexity index is 379. The smallest absolute Gasteiger partial charge is 0.323 e. The molecule has 0 aromatic carbocycles. The van der Waals surface area contributed by atoms with Crippen molar-refractivity contribution in [2.45, 2.75) is 20.8 Å². The summed E-state index contributed by atoms with van der Waals surface area (Å²) in [6, 6.07) is 0. The molecule has 0 rings (SSSR count). The fourth-order valence-electron chi connectivity index (χ4n) is 0.770. The highest BCUT2D eigenvalue weighted by Gasteiger charge is 2.24. The maximum absolute atomic E-state index is 11.2. The van der Waals surface area contributed by atoms with Crippen LogP contribution in [0.15, 0.2) is 5.16 Å². The van der Waals surface area contributed by atoms with E-state index in [4.69, 9.17) is 0 Å². The number of carbonyl (C=O) groups excluding carboxylic acids is 1. The van der Waals surface area contributed by atoms with E-state index in [9.17, 15) is 13.2 Å². The van der Waals surface area contributed by atoms with Crippen LogP contribution in [0.4, 0.5) is 4.79 Å². The summed E-state index contributed by atoms with van der Waals surface area (Å²) >= 11 is 0. The zero-order chi connectivity index (χ0) is 13.0. The van der Waals surface area contributed by atoms with E-state index in [0.29, 0.717) is 5.71 Å². The van der Waals surface area contributed by atoms with Gasteiger partial charge in [-0.15, -0.1) is 0 Å². The fourth-order valence-corrected chi connectivity index (χ4v) is 1.75. The van der Waals surface area contributed by atoms with Gasteiger partial charge in [-0.05, 0) is 0 Å². The van der Waals surface area contributed by atoms with Crippen LogP contribution < -0.4 is 5.32 Å². The molecule has 1 N–H and O–H groups in total. The SMILES string of the molecule is CNC(=O)O/N=C(\CS(C)(=O)=O)C(C)(C)C. The summed E-state index contributed by atoms with van der Waals surface area (Å²) in [5, 5.41) is 5.79. The molecule has 0 heterocycles. The van der Waals surface area contributed by atoms with Crippen molar-refractivity contribution in [3.63, 3.8) is 0 Å². The molecule has 0 aromatic rings. The van der Waals surface area contributed by atoms with Crippen molar-refractivity contribution < 1.29 is 18.0 Å². The molecule has 0 fully saturated rings. The normalized spacial score (nSPS) is 13.4. The zero-order valence-corrected chi connectivity index (χ0v) is 11.0. The Kier molecular flexibility index (Phi) is 4.92. The molecule has 0 atom stereocenters. The molecule has 0 saturated heterocycles. The van der Waals surface area contributed by atoms with Crippen molar-refractivity contribution in [2.24, 2.45) is 10.6 Å². The van der Waals surface area contributed by atoms with E-state index in [2.05, 4.69) is 15.3 Å². The van der Waals surface area contributed by atoms with Gasteiger partial charge >= 0.3 is 6.09 Å². The van der Waals surface area contributed by atoms with Crippen molar-refractivity contribution in [2.75, 3.05) is 19.1 Å². The summed E-state index contributed by atoms with van der Waals surface area (Å²) in [5.74, 6) is -0.229. The molecule has 16 heavy (non-hydrogen) atoms. The standard InChI is InChI=1S/C9H18N2O4S/c1-9(2,3)7(6-16(5,13)14)11-15-8(12)10-4/h6H2,1-5H3,(H,10,12)/b11-7+. The van der Waals surface area contributed by atoms with Crippen LogP contribution >= 0.6 is 0 Å². The van der Waals surface area contributed by atoms with Gasteiger partial charge in [-0.2, -0.15) is 0 Å². The van der Waals surface area contributed by atoms with Gasteiger partial charge in [0.25, 0.3) is 0 Å². The van der Waals surface area contributed by atoms with Crippen LogP contribution in [0.3, 0.4) is 0 Å². The Morgan fingerprint density at radius 2 is 1.88 bits per heavy atom. The lowest BCUT2D eigenvalue weighted by Crippen LogP contribution is -2.29. The lowest BCUT2D eigenvalue weighted by atomic mass is 9.91. The molecule has 0 saturated carbocycles. The number of rotatable bonds is 3. The molecule has 0 spiro atoms. The minimum absolute atomic E-state index is 0.229. The van der Waals surface area contributed by atoms with E-state index in [1.54, 1.807) is 20.8 Å². The van der Waals surface area contributed by atoms with E-state index in [-0.39, 0.29) is 5.75 Å². The van der Waals surface area contributed by atoms with Crippen molar-refractivity contribution in [3.8, 4) is 0 Å². The van der Waals surface area contributed by atoms with Crippen LogP contribution in [0.5, 0.6) is 0 Å². The van der Waals surface area contributed by atoms with Gasteiger partial charge < -0.3 is 5.32 Å². The highest BCUT2D eigenvalue weighted by atomic mass is 32.2. The van der Waals surface area contributed by atoms with Crippen LogP contribution in [-0.2, 0) is 14.7 Å². The van der Waals surface area contributed by atoms with Gasteiger partial charge in [-0.3, -0.25) is 4.84 Å². The zero-order valence-electron chi connectivity index (χ0n) is 10.2. The quantitative estimate of drug-likeness (QED) is 0.456. The third kappa shape index (κ3) is 6.39.